The lowest BCUT2D eigenvalue weighted by molar-refractivity contribution is -0.118. The van der Waals surface area contributed by atoms with Crippen LogP contribution in [0, 0.1) is 5.92 Å². The van der Waals surface area contributed by atoms with E-state index in [0.717, 1.165) is 0 Å². The molecule has 0 radical (unpaired) electrons. The van der Waals surface area contributed by atoms with E-state index in [1.165, 1.54) is 5.56 Å². The molecule has 5 heteroatoms. The topological polar surface area (TPSA) is 50.4 Å². The summed E-state index contributed by atoms with van der Waals surface area (Å²) in [6, 6.07) is 15.1. The molecular formula is C20H25ClN2O2. The van der Waals surface area contributed by atoms with Gasteiger partial charge in [0.1, 0.15) is 5.75 Å². The molecule has 2 unspecified atom stereocenters. The van der Waals surface area contributed by atoms with Gasteiger partial charge in [0.15, 0.2) is 0 Å². The Bertz CT molecular complexity index is 704. The predicted molar refractivity (Wildman–Crippen MR) is 103 cm³/mol. The van der Waals surface area contributed by atoms with Crippen molar-refractivity contribution in [1.29, 1.82) is 0 Å². The Morgan fingerprint density at radius 1 is 1.08 bits per heavy atom. The van der Waals surface area contributed by atoms with Crippen LogP contribution < -0.4 is 15.4 Å². The van der Waals surface area contributed by atoms with Gasteiger partial charge in [-0.3, -0.25) is 10.1 Å². The summed E-state index contributed by atoms with van der Waals surface area (Å²) in [5.74, 6) is 0.825. The Kier molecular flexibility index (Phi) is 6.85. The van der Waals surface area contributed by atoms with Crippen molar-refractivity contribution in [2.45, 2.75) is 32.9 Å². The van der Waals surface area contributed by atoms with Gasteiger partial charge in [0.25, 0.3) is 0 Å². The average molecular weight is 361 g/mol. The minimum Gasteiger partial charge on any atom is -0.495 e. The summed E-state index contributed by atoms with van der Waals surface area (Å²) >= 11 is 6.11. The van der Waals surface area contributed by atoms with E-state index >= 15 is 0 Å². The van der Waals surface area contributed by atoms with Crippen LogP contribution in [0.15, 0.2) is 48.5 Å². The first-order valence-corrected chi connectivity index (χ1v) is 8.75. The number of benzene rings is 2. The summed E-state index contributed by atoms with van der Waals surface area (Å²) in [4.78, 5) is 12.5. The van der Waals surface area contributed by atoms with Crippen LogP contribution in [0.25, 0.3) is 0 Å². The van der Waals surface area contributed by atoms with Crippen molar-refractivity contribution in [3.8, 4) is 5.75 Å². The van der Waals surface area contributed by atoms with Gasteiger partial charge in [-0.2, -0.15) is 0 Å². The van der Waals surface area contributed by atoms with Gasteiger partial charge in [-0.1, -0.05) is 55.8 Å². The molecule has 0 saturated heterocycles. The molecule has 0 aliphatic carbocycles. The average Bonchev–Trinajstić information content (AvgIpc) is 2.60. The van der Waals surface area contributed by atoms with Gasteiger partial charge in [0, 0.05) is 11.7 Å². The maximum absolute atomic E-state index is 12.5. The van der Waals surface area contributed by atoms with Gasteiger partial charge >= 0.3 is 0 Å². The number of hydrogen-bond acceptors (Lipinski definition) is 3. The monoisotopic (exact) mass is 360 g/mol. The van der Waals surface area contributed by atoms with Crippen LogP contribution in [-0.4, -0.2) is 19.1 Å². The van der Waals surface area contributed by atoms with Crippen LogP contribution in [0.4, 0.5) is 5.69 Å². The van der Waals surface area contributed by atoms with E-state index in [-0.39, 0.29) is 18.0 Å². The molecule has 0 bridgehead atoms. The lowest BCUT2D eigenvalue weighted by atomic mass is 9.95. The van der Waals surface area contributed by atoms with E-state index in [2.05, 4.69) is 36.6 Å². The Morgan fingerprint density at radius 3 is 2.32 bits per heavy atom. The third-order valence-corrected chi connectivity index (χ3v) is 4.36. The molecular weight excluding hydrogens is 336 g/mol. The highest BCUT2D eigenvalue weighted by molar-refractivity contribution is 6.32. The molecule has 1 amide bonds. The highest BCUT2D eigenvalue weighted by Crippen LogP contribution is 2.27. The number of anilines is 1. The molecule has 0 heterocycles. The van der Waals surface area contributed by atoms with E-state index < -0.39 is 0 Å². The van der Waals surface area contributed by atoms with Gasteiger partial charge in [0.05, 0.1) is 18.2 Å². The normalized spacial score (nSPS) is 13.4. The second kappa shape index (κ2) is 8.88. The summed E-state index contributed by atoms with van der Waals surface area (Å²) in [6.45, 7) is 6.13. The van der Waals surface area contributed by atoms with E-state index in [9.17, 15) is 4.79 Å². The van der Waals surface area contributed by atoms with Gasteiger partial charge < -0.3 is 10.1 Å². The third kappa shape index (κ3) is 5.21. The van der Waals surface area contributed by atoms with E-state index in [4.69, 9.17) is 16.3 Å². The van der Waals surface area contributed by atoms with Gasteiger partial charge in [-0.15, -0.1) is 0 Å². The Labute approximate surface area is 154 Å². The molecule has 134 valence electrons. The Balaban J connectivity index is 2.04. The van der Waals surface area contributed by atoms with Crippen molar-refractivity contribution in [2.75, 3.05) is 12.4 Å². The SMILES string of the molecule is COc1ccc(NC(=O)C(C)NC(c2ccccc2)C(C)C)cc1Cl. The number of halogens is 1. The summed E-state index contributed by atoms with van der Waals surface area (Å²) in [5.41, 5.74) is 1.81. The first-order chi connectivity index (χ1) is 11.9. The van der Waals surface area contributed by atoms with Gasteiger partial charge in [-0.25, -0.2) is 0 Å². The molecule has 2 N–H and O–H groups in total. The van der Waals surface area contributed by atoms with Gasteiger partial charge in [-0.05, 0) is 36.6 Å². The zero-order chi connectivity index (χ0) is 18.4. The van der Waals surface area contributed by atoms with Crippen molar-refractivity contribution in [1.82, 2.24) is 5.32 Å². The summed E-state index contributed by atoms with van der Waals surface area (Å²) < 4.78 is 5.12. The highest BCUT2D eigenvalue weighted by Gasteiger charge is 2.21. The lowest BCUT2D eigenvalue weighted by Crippen LogP contribution is -2.41. The van der Waals surface area contributed by atoms with Crippen molar-refractivity contribution in [2.24, 2.45) is 5.92 Å². The number of ether oxygens (including phenoxy) is 1. The molecule has 0 spiro atoms. The fraction of sp³-hybridized carbons (Fsp3) is 0.350. The molecule has 2 aromatic carbocycles. The number of rotatable bonds is 7. The molecule has 2 atom stereocenters. The maximum Gasteiger partial charge on any atom is 0.241 e. The third-order valence-electron chi connectivity index (χ3n) is 4.07. The number of hydrogen-bond donors (Lipinski definition) is 2. The molecule has 0 saturated carbocycles. The molecule has 25 heavy (non-hydrogen) atoms. The molecule has 4 nitrogen and oxygen atoms in total. The minimum absolute atomic E-state index is 0.0985. The number of carbonyl (C=O) groups excluding carboxylic acids is 1. The smallest absolute Gasteiger partial charge is 0.241 e. The van der Waals surface area contributed by atoms with E-state index in [1.807, 2.05) is 25.1 Å². The van der Waals surface area contributed by atoms with Crippen molar-refractivity contribution in [3.05, 3.63) is 59.1 Å². The predicted octanol–water partition coefficient (Wildman–Crippen LogP) is 4.66. The molecule has 2 aromatic rings. The van der Waals surface area contributed by atoms with Crippen LogP contribution in [0.1, 0.15) is 32.4 Å². The van der Waals surface area contributed by atoms with E-state index in [1.54, 1.807) is 25.3 Å². The zero-order valence-electron chi connectivity index (χ0n) is 15.0. The van der Waals surface area contributed by atoms with Crippen LogP contribution in [-0.2, 0) is 4.79 Å². The largest absolute Gasteiger partial charge is 0.495 e. The fourth-order valence-electron chi connectivity index (χ4n) is 2.67. The number of methoxy groups -OCH3 is 1. The standard InChI is InChI=1S/C20H25ClN2O2/c1-13(2)19(15-8-6-5-7-9-15)22-14(3)20(24)23-16-10-11-18(25-4)17(21)12-16/h5-14,19,22H,1-4H3,(H,23,24). The molecule has 0 aliphatic rings. The molecule has 0 fully saturated rings. The molecule has 0 aromatic heterocycles. The van der Waals surface area contributed by atoms with E-state index in [0.29, 0.717) is 22.4 Å². The van der Waals surface area contributed by atoms with Crippen molar-refractivity contribution < 1.29 is 9.53 Å². The zero-order valence-corrected chi connectivity index (χ0v) is 15.8. The second-order valence-electron chi connectivity index (χ2n) is 6.36. The minimum atomic E-state index is -0.353. The second-order valence-corrected chi connectivity index (χ2v) is 6.77. The van der Waals surface area contributed by atoms with Crippen LogP contribution in [0.5, 0.6) is 5.75 Å². The van der Waals surface area contributed by atoms with Crippen LogP contribution >= 0.6 is 11.6 Å². The fourth-order valence-corrected chi connectivity index (χ4v) is 2.93. The lowest BCUT2D eigenvalue weighted by Gasteiger charge is -2.26. The number of carbonyl (C=O) groups is 1. The molecule has 0 aliphatic heterocycles. The first kappa shape index (κ1) is 19.3. The van der Waals surface area contributed by atoms with Gasteiger partial charge in [0.2, 0.25) is 5.91 Å². The van der Waals surface area contributed by atoms with Crippen LogP contribution in [0.2, 0.25) is 5.02 Å². The maximum atomic E-state index is 12.5. The first-order valence-electron chi connectivity index (χ1n) is 8.37. The Morgan fingerprint density at radius 2 is 1.76 bits per heavy atom. The quantitative estimate of drug-likeness (QED) is 0.754. The number of nitrogens with one attached hydrogen (secondary N) is 2. The Hall–Kier alpha value is -2.04. The summed E-state index contributed by atoms with van der Waals surface area (Å²) in [5, 5.41) is 6.77. The number of amides is 1. The van der Waals surface area contributed by atoms with Crippen molar-refractivity contribution >= 4 is 23.2 Å². The summed E-state index contributed by atoms with van der Waals surface area (Å²) in [6.07, 6.45) is 0. The van der Waals surface area contributed by atoms with Crippen LogP contribution in [0.3, 0.4) is 0 Å². The van der Waals surface area contributed by atoms with Crippen molar-refractivity contribution in [3.63, 3.8) is 0 Å². The highest BCUT2D eigenvalue weighted by atomic mass is 35.5. The summed E-state index contributed by atoms with van der Waals surface area (Å²) in [7, 11) is 1.56. The molecule has 2 rings (SSSR count).